The molecule has 0 radical (unpaired) electrons. The molecule has 1 unspecified atom stereocenters. The van der Waals surface area contributed by atoms with Gasteiger partial charge in [-0.3, -0.25) is 14.6 Å². The third kappa shape index (κ3) is 6.55. The highest BCUT2D eigenvalue weighted by Crippen LogP contribution is 2.55. The minimum Gasteiger partial charge on any atom is -0.387 e. The second-order valence-electron chi connectivity index (χ2n) is 7.59. The predicted molar refractivity (Wildman–Crippen MR) is 116 cm³/mol. The van der Waals surface area contributed by atoms with E-state index in [9.17, 15) is 24.2 Å². The molecule has 0 aliphatic carbocycles. The van der Waals surface area contributed by atoms with Crippen LogP contribution in [0.2, 0.25) is 5.28 Å². The quantitative estimate of drug-likeness (QED) is 0.113. The molecule has 1 fully saturated rings. The predicted octanol–water partition coefficient (Wildman–Crippen LogP) is 0.490. The van der Waals surface area contributed by atoms with Crippen molar-refractivity contribution >= 4 is 49.9 Å². The first-order chi connectivity index (χ1) is 15.3. The standard InChI is InChI=1S/C15H23ClN6O9P2/c1-7(2)3-17-21-12-8-4-18-22(13(8)20-15(16)19-12)14-11(24)10(23)9(31-14)5-30-33(28,29)6-32(25,26)27/h3-4,7,9-11,14,23-24H,5-6H2,1-2H3,(H,28,29)(H,19,20,21)(H2,25,26,27)/b17-3+/t9-,10-,11-,14-/m1/s1. The van der Waals surface area contributed by atoms with Gasteiger partial charge in [0.15, 0.2) is 23.6 Å². The number of aliphatic hydroxyl groups is 2. The van der Waals surface area contributed by atoms with Gasteiger partial charge in [-0.2, -0.15) is 20.2 Å². The number of aromatic nitrogens is 4. The number of hydrogen-bond acceptors (Lipinski definition) is 11. The van der Waals surface area contributed by atoms with Crippen molar-refractivity contribution in [1.82, 2.24) is 19.7 Å². The summed E-state index contributed by atoms with van der Waals surface area (Å²) in [5.41, 5.74) is 2.88. The highest BCUT2D eigenvalue weighted by atomic mass is 35.5. The van der Waals surface area contributed by atoms with Crippen LogP contribution >= 0.6 is 26.8 Å². The number of hydrogen-bond donors (Lipinski definition) is 6. The molecule has 15 nitrogen and oxygen atoms in total. The highest BCUT2D eigenvalue weighted by Gasteiger charge is 2.46. The molecule has 0 bridgehead atoms. The lowest BCUT2D eigenvalue weighted by molar-refractivity contribution is -0.0541. The Kier molecular flexibility index (Phi) is 7.91. The molecule has 5 atom stereocenters. The summed E-state index contributed by atoms with van der Waals surface area (Å²) in [6, 6.07) is 0. The number of ether oxygens (including phenoxy) is 1. The number of aliphatic hydroxyl groups excluding tert-OH is 2. The summed E-state index contributed by atoms with van der Waals surface area (Å²) in [6.45, 7) is 3.13. The Balaban J connectivity index is 1.81. The summed E-state index contributed by atoms with van der Waals surface area (Å²) in [4.78, 5) is 35.5. The second kappa shape index (κ2) is 10.0. The molecule has 0 amide bonds. The van der Waals surface area contributed by atoms with E-state index in [1.807, 2.05) is 13.8 Å². The number of fused-ring (bicyclic) bond motifs is 1. The fourth-order valence-corrected chi connectivity index (χ4v) is 5.68. The average Bonchev–Trinajstić information content (AvgIpc) is 3.19. The van der Waals surface area contributed by atoms with Gasteiger partial charge in [0.1, 0.15) is 18.3 Å². The van der Waals surface area contributed by atoms with Crippen LogP contribution in [0.15, 0.2) is 11.3 Å². The van der Waals surface area contributed by atoms with Crippen molar-refractivity contribution in [3.63, 3.8) is 0 Å². The van der Waals surface area contributed by atoms with Gasteiger partial charge < -0.3 is 34.2 Å². The molecule has 2 aromatic heterocycles. The zero-order valence-electron chi connectivity index (χ0n) is 17.3. The van der Waals surface area contributed by atoms with Crippen LogP contribution in [-0.4, -0.2) is 81.7 Å². The molecule has 6 N–H and O–H groups in total. The van der Waals surface area contributed by atoms with Crippen LogP contribution in [0.25, 0.3) is 11.0 Å². The van der Waals surface area contributed by atoms with Gasteiger partial charge >= 0.3 is 15.2 Å². The fourth-order valence-electron chi connectivity index (χ4n) is 2.95. The number of nitrogens with zero attached hydrogens (tertiary/aromatic N) is 5. The van der Waals surface area contributed by atoms with Gasteiger partial charge in [0.2, 0.25) is 5.28 Å². The molecule has 0 aromatic carbocycles. The summed E-state index contributed by atoms with van der Waals surface area (Å²) in [7, 11) is -9.51. The Morgan fingerprint density at radius 1 is 1.30 bits per heavy atom. The minimum atomic E-state index is -4.83. The fraction of sp³-hybridized carbons (Fsp3) is 0.600. The molecule has 33 heavy (non-hydrogen) atoms. The lowest BCUT2D eigenvalue weighted by Gasteiger charge is -2.18. The summed E-state index contributed by atoms with van der Waals surface area (Å²) in [5, 5.41) is 29.1. The van der Waals surface area contributed by atoms with Crippen LogP contribution < -0.4 is 5.43 Å². The molecule has 184 valence electrons. The zero-order chi connectivity index (χ0) is 24.6. The van der Waals surface area contributed by atoms with E-state index < -0.39 is 52.2 Å². The summed E-state index contributed by atoms with van der Waals surface area (Å²) >= 11 is 6.00. The molecule has 1 aliphatic rings. The van der Waals surface area contributed by atoms with Gasteiger partial charge in [-0.1, -0.05) is 13.8 Å². The Hall–Kier alpha value is -1.51. The largest absolute Gasteiger partial charge is 0.387 e. The van der Waals surface area contributed by atoms with Crippen molar-refractivity contribution < 1.29 is 43.3 Å². The number of hydrazone groups is 1. The summed E-state index contributed by atoms with van der Waals surface area (Å²) in [5.74, 6) is -0.991. The Labute approximate surface area is 192 Å². The lowest BCUT2D eigenvalue weighted by atomic mass is 10.1. The van der Waals surface area contributed by atoms with Crippen LogP contribution in [-0.2, 0) is 18.4 Å². The second-order valence-corrected chi connectivity index (χ2v) is 11.9. The van der Waals surface area contributed by atoms with E-state index >= 15 is 0 Å². The third-order valence-corrected chi connectivity index (χ3v) is 7.98. The van der Waals surface area contributed by atoms with Crippen LogP contribution in [0.3, 0.4) is 0 Å². The first-order valence-electron chi connectivity index (χ1n) is 9.50. The molecule has 0 saturated carbocycles. The van der Waals surface area contributed by atoms with Gasteiger partial charge in [-0.15, -0.1) is 0 Å². The van der Waals surface area contributed by atoms with E-state index in [1.54, 1.807) is 6.21 Å². The van der Waals surface area contributed by atoms with Crippen molar-refractivity contribution in [1.29, 1.82) is 0 Å². The van der Waals surface area contributed by atoms with Gasteiger partial charge in [0, 0.05) is 6.21 Å². The van der Waals surface area contributed by atoms with Gasteiger partial charge in [-0.05, 0) is 17.5 Å². The summed E-state index contributed by atoms with van der Waals surface area (Å²) in [6.07, 6.45) is -2.72. The smallest absolute Gasteiger partial charge is 0.340 e. The SMILES string of the molecule is CC(C)/C=N/Nc1nc(Cl)nc2c1cnn2[C@@H]1O[C@H](COP(=O)(O)CP(=O)(O)O)[C@@H](O)[C@H]1O. The molecule has 3 rings (SSSR count). The number of nitrogens with one attached hydrogen (secondary N) is 1. The normalized spacial score (nSPS) is 25.8. The maximum absolute atomic E-state index is 11.8. The molecular formula is C15H23ClN6O9P2. The first kappa shape index (κ1) is 26.1. The van der Waals surface area contributed by atoms with E-state index in [4.69, 9.17) is 26.1 Å². The Bertz CT molecular complexity index is 1120. The summed E-state index contributed by atoms with van der Waals surface area (Å²) < 4.78 is 34.2. The van der Waals surface area contributed by atoms with Crippen LogP contribution in [0.4, 0.5) is 5.82 Å². The number of rotatable bonds is 9. The van der Waals surface area contributed by atoms with E-state index in [0.717, 1.165) is 4.68 Å². The molecule has 1 saturated heterocycles. The van der Waals surface area contributed by atoms with E-state index in [0.29, 0.717) is 5.39 Å². The molecule has 3 heterocycles. The van der Waals surface area contributed by atoms with Crippen molar-refractivity contribution in [2.75, 3.05) is 17.9 Å². The molecule has 2 aromatic rings. The Morgan fingerprint density at radius 3 is 2.64 bits per heavy atom. The lowest BCUT2D eigenvalue weighted by Crippen LogP contribution is -2.33. The third-order valence-electron chi connectivity index (χ3n) is 4.35. The van der Waals surface area contributed by atoms with Crippen molar-refractivity contribution in [2.45, 2.75) is 38.4 Å². The van der Waals surface area contributed by atoms with E-state index in [-0.39, 0.29) is 22.7 Å². The molecule has 0 spiro atoms. The van der Waals surface area contributed by atoms with Crippen LogP contribution in [0.1, 0.15) is 20.1 Å². The van der Waals surface area contributed by atoms with Crippen molar-refractivity contribution in [3.05, 3.63) is 11.5 Å². The van der Waals surface area contributed by atoms with Crippen molar-refractivity contribution in [2.24, 2.45) is 11.0 Å². The van der Waals surface area contributed by atoms with Gasteiger partial charge in [0.05, 0.1) is 18.2 Å². The molecule has 1 aliphatic heterocycles. The Morgan fingerprint density at radius 2 is 2.00 bits per heavy atom. The maximum atomic E-state index is 11.8. The van der Waals surface area contributed by atoms with Gasteiger partial charge in [0.25, 0.3) is 0 Å². The minimum absolute atomic E-state index is 0.143. The monoisotopic (exact) mass is 528 g/mol. The van der Waals surface area contributed by atoms with E-state index in [1.165, 1.54) is 6.20 Å². The maximum Gasteiger partial charge on any atom is 0.340 e. The van der Waals surface area contributed by atoms with Crippen molar-refractivity contribution in [3.8, 4) is 0 Å². The van der Waals surface area contributed by atoms with Crippen LogP contribution in [0, 0.1) is 5.92 Å². The first-order valence-corrected chi connectivity index (χ1v) is 13.4. The number of halogens is 1. The average molecular weight is 529 g/mol. The molecular weight excluding hydrogens is 506 g/mol. The van der Waals surface area contributed by atoms with Crippen LogP contribution in [0.5, 0.6) is 0 Å². The number of anilines is 1. The topological polar surface area (TPSA) is 222 Å². The van der Waals surface area contributed by atoms with Gasteiger partial charge in [-0.25, -0.2) is 4.68 Å². The zero-order valence-corrected chi connectivity index (χ0v) is 19.9. The highest BCUT2D eigenvalue weighted by molar-refractivity contribution is 7.70. The molecule has 18 heteroatoms. The van der Waals surface area contributed by atoms with E-state index in [2.05, 4.69) is 30.1 Å².